The number of aliphatic hydroxyl groups is 4. The summed E-state index contributed by atoms with van der Waals surface area (Å²) in [6, 6.07) is -1.14. The van der Waals surface area contributed by atoms with E-state index in [0.29, 0.717) is 12.8 Å². The lowest BCUT2D eigenvalue weighted by molar-refractivity contribution is -0.338. The molecule has 2 aliphatic heterocycles. The number of hydrogen-bond donors (Lipinski definition) is 5. The zero-order chi connectivity index (χ0) is 34.6. The topological polar surface area (TPSA) is 176 Å². The summed E-state index contributed by atoms with van der Waals surface area (Å²) in [5, 5.41) is 45.0. The van der Waals surface area contributed by atoms with Crippen molar-refractivity contribution in [2.75, 3.05) is 14.1 Å². The summed E-state index contributed by atoms with van der Waals surface area (Å²) in [4.78, 5) is 27.2. The molecular weight excluding hydrogens is 626 g/mol. The first-order valence-electron chi connectivity index (χ1n) is 17.0. The second kappa shape index (κ2) is 16.9. The van der Waals surface area contributed by atoms with Crippen LogP contribution in [0.3, 0.4) is 0 Å². The smallest absolute Gasteiger partial charge is 0.251 e. The highest BCUT2D eigenvalue weighted by Gasteiger charge is 2.52. The average molecular weight is 681 g/mol. The Balaban J connectivity index is 1.60. The summed E-state index contributed by atoms with van der Waals surface area (Å²) >= 11 is 0. The third-order valence-electron chi connectivity index (χ3n) is 10.0. The van der Waals surface area contributed by atoms with Gasteiger partial charge in [0.25, 0.3) is 5.91 Å². The molecule has 14 atom stereocenters. The molecule has 6 unspecified atom stereocenters. The van der Waals surface area contributed by atoms with Gasteiger partial charge in [0.15, 0.2) is 12.6 Å². The van der Waals surface area contributed by atoms with Gasteiger partial charge in [0, 0.05) is 26.9 Å². The van der Waals surface area contributed by atoms with E-state index in [0.717, 1.165) is 32.1 Å². The monoisotopic (exact) mass is 680 g/mol. The van der Waals surface area contributed by atoms with Crippen LogP contribution in [0.15, 0.2) is 0 Å². The number of aliphatic hydroxyl groups excluding tert-OH is 4. The summed E-state index contributed by atoms with van der Waals surface area (Å²) in [7, 11) is 3.24. The van der Waals surface area contributed by atoms with E-state index in [1.807, 2.05) is 0 Å². The van der Waals surface area contributed by atoms with E-state index >= 15 is 0 Å². The van der Waals surface area contributed by atoms with Crippen LogP contribution in [-0.4, -0.2) is 137 Å². The van der Waals surface area contributed by atoms with Gasteiger partial charge in [0.1, 0.15) is 42.7 Å². The van der Waals surface area contributed by atoms with Crippen LogP contribution in [0.5, 0.6) is 0 Å². The number of likely N-dealkylation sites (N-methyl/N-ethyl adjacent to an activating group) is 1. The first-order valence-corrected chi connectivity index (χ1v) is 17.0. The van der Waals surface area contributed by atoms with Crippen molar-refractivity contribution in [1.82, 2.24) is 10.2 Å². The van der Waals surface area contributed by atoms with Gasteiger partial charge in [0.05, 0.1) is 24.4 Å². The van der Waals surface area contributed by atoms with Gasteiger partial charge in [-0.2, -0.15) is 0 Å². The number of halogens is 2. The van der Waals surface area contributed by atoms with E-state index in [1.54, 1.807) is 21.0 Å². The summed E-state index contributed by atoms with van der Waals surface area (Å²) in [5.74, 6) is -1.86. The van der Waals surface area contributed by atoms with Crippen molar-refractivity contribution in [3.63, 3.8) is 0 Å². The predicted octanol–water partition coefficient (Wildman–Crippen LogP) is 1.07. The largest absolute Gasteiger partial charge is 0.388 e. The van der Waals surface area contributed by atoms with E-state index in [2.05, 4.69) is 5.32 Å². The quantitative estimate of drug-likeness (QED) is 0.211. The van der Waals surface area contributed by atoms with Gasteiger partial charge in [-0.25, -0.2) is 8.78 Å². The maximum Gasteiger partial charge on any atom is 0.251 e. The van der Waals surface area contributed by atoms with Crippen molar-refractivity contribution in [2.45, 2.75) is 165 Å². The number of nitrogens with zero attached hydrogens (tertiary/aromatic N) is 1. The van der Waals surface area contributed by atoms with Crippen LogP contribution in [0, 0.1) is 11.8 Å². The Labute approximate surface area is 275 Å². The minimum atomic E-state index is -2.83. The lowest BCUT2D eigenvalue weighted by Crippen LogP contribution is -2.66. The minimum absolute atomic E-state index is 0.0860. The van der Waals surface area contributed by atoms with Gasteiger partial charge in [-0.05, 0) is 39.0 Å². The van der Waals surface area contributed by atoms with Crippen molar-refractivity contribution in [3.8, 4) is 0 Å². The van der Waals surface area contributed by atoms with Crippen molar-refractivity contribution in [3.05, 3.63) is 0 Å². The molecule has 2 amide bonds. The molecule has 2 saturated carbocycles. The highest BCUT2D eigenvalue weighted by Crippen LogP contribution is 2.38. The highest BCUT2D eigenvalue weighted by atomic mass is 19.3. The van der Waals surface area contributed by atoms with E-state index in [1.165, 1.54) is 18.7 Å². The first kappa shape index (κ1) is 38.2. The molecule has 0 spiro atoms. The highest BCUT2D eigenvalue weighted by molar-refractivity contribution is 5.80. The van der Waals surface area contributed by atoms with Crippen molar-refractivity contribution >= 4 is 11.8 Å². The van der Waals surface area contributed by atoms with Crippen LogP contribution in [0.4, 0.5) is 8.78 Å². The van der Waals surface area contributed by atoms with Crippen LogP contribution in [0.2, 0.25) is 0 Å². The molecule has 15 heteroatoms. The van der Waals surface area contributed by atoms with Crippen LogP contribution in [-0.2, 0) is 33.3 Å². The fourth-order valence-corrected chi connectivity index (χ4v) is 7.31. The number of hydrogen-bond acceptors (Lipinski definition) is 11. The molecule has 0 aromatic carbocycles. The Morgan fingerprint density at radius 3 is 2.09 bits per heavy atom. The Kier molecular flexibility index (Phi) is 13.8. The number of amides is 2. The van der Waals surface area contributed by atoms with Gasteiger partial charge < -0.3 is 54.3 Å². The van der Waals surface area contributed by atoms with Crippen molar-refractivity contribution < 1.29 is 62.5 Å². The number of nitrogens with one attached hydrogen (secondary N) is 1. The standard InChI is InChI=1S/C32H54F2N2O11/c1-15-23(38)25(40)26(41)32(44-15)47-27-19(29(33)34)12-9-13-20(27)46-31-22(35-17(3)37)28(24(39)16(2)43-31)45-21(30(42)36(4)5)14-18-10-7-6-8-11-18/h15-16,18-29,31-32,38-41H,6-14H2,1-5H3,(H,35,37)/t15-,16?,19?,20+,21-,22?,23-,24-,25?,26-,27+,28?,31-,32?/m0/s1. The van der Waals surface area contributed by atoms with Crippen LogP contribution >= 0.6 is 0 Å². The van der Waals surface area contributed by atoms with E-state index in [-0.39, 0.29) is 24.7 Å². The van der Waals surface area contributed by atoms with Gasteiger partial charge in [-0.15, -0.1) is 0 Å². The maximum atomic E-state index is 14.4. The number of ether oxygens (including phenoxy) is 5. The lowest BCUT2D eigenvalue weighted by Gasteiger charge is -2.48. The molecule has 4 aliphatic rings. The van der Waals surface area contributed by atoms with Crippen LogP contribution in [0.1, 0.15) is 78.6 Å². The van der Waals surface area contributed by atoms with Crippen LogP contribution < -0.4 is 5.32 Å². The third-order valence-corrected chi connectivity index (χ3v) is 10.0. The number of carbonyl (C=O) groups is 2. The van der Waals surface area contributed by atoms with Gasteiger partial charge in [0.2, 0.25) is 12.3 Å². The van der Waals surface area contributed by atoms with E-state index in [4.69, 9.17) is 23.7 Å². The lowest BCUT2D eigenvalue weighted by atomic mass is 9.84. The number of carbonyl (C=O) groups excluding carboxylic acids is 2. The molecule has 47 heavy (non-hydrogen) atoms. The summed E-state index contributed by atoms with van der Waals surface area (Å²) in [5.41, 5.74) is 0. The van der Waals surface area contributed by atoms with Crippen molar-refractivity contribution in [2.24, 2.45) is 11.8 Å². The zero-order valence-corrected chi connectivity index (χ0v) is 28.0. The first-order chi connectivity index (χ1) is 22.2. The van der Waals surface area contributed by atoms with Crippen molar-refractivity contribution in [1.29, 1.82) is 0 Å². The fraction of sp³-hybridized carbons (Fsp3) is 0.938. The SMILES string of the molecule is CC(=O)NC1C(O[C@@H](CC2CCCCC2)C(=O)N(C)C)[C@@H](O)C(C)O[C@H]1O[C@@H]1CCCC(C(F)F)[C@H]1OC1O[C@@H](C)[C@H](O)C(O)[C@@H]1O. The molecule has 13 nitrogen and oxygen atoms in total. The molecule has 0 aromatic rings. The Morgan fingerprint density at radius 2 is 1.47 bits per heavy atom. The molecule has 0 bridgehead atoms. The molecule has 4 fully saturated rings. The zero-order valence-electron chi connectivity index (χ0n) is 28.0. The molecule has 2 saturated heterocycles. The number of alkyl halides is 2. The molecule has 5 N–H and O–H groups in total. The maximum absolute atomic E-state index is 14.4. The second-order valence-corrected chi connectivity index (χ2v) is 13.9. The normalized spacial score (nSPS) is 41.0. The summed E-state index contributed by atoms with van der Waals surface area (Å²) < 4.78 is 59.1. The molecule has 272 valence electrons. The Hall–Kier alpha value is -1.56. The van der Waals surface area contributed by atoms with Gasteiger partial charge in [-0.1, -0.05) is 38.5 Å². The molecular formula is C32H54F2N2O11. The average Bonchev–Trinajstić information content (AvgIpc) is 3.02. The van der Waals surface area contributed by atoms with Crippen LogP contribution in [0.25, 0.3) is 0 Å². The molecule has 4 rings (SSSR count). The Morgan fingerprint density at radius 1 is 0.830 bits per heavy atom. The predicted molar refractivity (Wildman–Crippen MR) is 162 cm³/mol. The molecule has 0 aromatic heterocycles. The molecule has 2 aliphatic carbocycles. The summed E-state index contributed by atoms with van der Waals surface area (Å²) in [6.45, 7) is 4.31. The van der Waals surface area contributed by atoms with E-state index in [9.17, 15) is 38.8 Å². The molecule has 0 radical (unpaired) electrons. The second-order valence-electron chi connectivity index (χ2n) is 13.9. The summed E-state index contributed by atoms with van der Waals surface area (Å²) in [6.07, 6.45) is -11.7. The minimum Gasteiger partial charge on any atom is -0.388 e. The van der Waals surface area contributed by atoms with Gasteiger partial charge >= 0.3 is 0 Å². The fourth-order valence-electron chi connectivity index (χ4n) is 7.31. The number of rotatable bonds is 11. The molecule has 2 heterocycles. The van der Waals surface area contributed by atoms with E-state index < -0.39 is 97.9 Å². The van der Waals surface area contributed by atoms with Gasteiger partial charge in [-0.3, -0.25) is 9.59 Å². The third kappa shape index (κ3) is 9.37. The Bertz CT molecular complexity index is 1020.